The van der Waals surface area contributed by atoms with E-state index in [9.17, 15) is 0 Å². The maximum atomic E-state index is 5.66. The summed E-state index contributed by atoms with van der Waals surface area (Å²) in [4.78, 5) is 4.61. The van der Waals surface area contributed by atoms with Crippen LogP contribution in [0, 0.1) is 5.92 Å². The fourth-order valence-electron chi connectivity index (χ4n) is 1.57. The van der Waals surface area contributed by atoms with E-state index in [1.165, 1.54) is 0 Å². The first kappa shape index (κ1) is 12.1. The topological polar surface area (TPSA) is 21.6 Å². The van der Waals surface area contributed by atoms with E-state index in [0.29, 0.717) is 12.5 Å². The highest BCUT2D eigenvalue weighted by Gasteiger charge is 2.25. The van der Waals surface area contributed by atoms with Crippen LogP contribution in [0.3, 0.4) is 0 Å². The van der Waals surface area contributed by atoms with Gasteiger partial charge in [0.15, 0.2) is 0 Å². The van der Waals surface area contributed by atoms with Gasteiger partial charge in [-0.2, -0.15) is 0 Å². The van der Waals surface area contributed by atoms with Gasteiger partial charge in [0.2, 0.25) is 5.90 Å². The Labute approximate surface area is 112 Å². The van der Waals surface area contributed by atoms with Crippen LogP contribution >= 0.6 is 31.9 Å². The van der Waals surface area contributed by atoms with Crippen molar-refractivity contribution in [2.45, 2.75) is 19.9 Å². The number of hydrogen-bond donors (Lipinski definition) is 0. The number of hydrogen-bond acceptors (Lipinski definition) is 2. The highest BCUT2D eigenvalue weighted by atomic mass is 79.9. The Bertz CT molecular complexity index is 409. The summed E-state index contributed by atoms with van der Waals surface area (Å²) in [7, 11) is 0. The molecule has 0 saturated carbocycles. The summed E-state index contributed by atoms with van der Waals surface area (Å²) < 4.78 is 7.67. The molecule has 0 bridgehead atoms. The van der Waals surface area contributed by atoms with Crippen molar-refractivity contribution >= 4 is 37.8 Å². The van der Waals surface area contributed by atoms with E-state index in [4.69, 9.17) is 4.74 Å². The first-order valence-corrected chi connectivity index (χ1v) is 6.83. The van der Waals surface area contributed by atoms with Gasteiger partial charge in [-0.15, -0.1) is 0 Å². The van der Waals surface area contributed by atoms with E-state index in [1.807, 2.05) is 18.2 Å². The highest BCUT2D eigenvalue weighted by molar-refractivity contribution is 9.11. The Kier molecular flexibility index (Phi) is 3.70. The molecule has 4 heteroatoms. The lowest BCUT2D eigenvalue weighted by Gasteiger charge is -2.06. The second kappa shape index (κ2) is 4.88. The molecule has 1 aliphatic heterocycles. The molecule has 1 heterocycles. The molecule has 1 aliphatic rings. The molecule has 86 valence electrons. The van der Waals surface area contributed by atoms with Crippen molar-refractivity contribution < 1.29 is 4.74 Å². The molecule has 2 rings (SSSR count). The lowest BCUT2D eigenvalue weighted by atomic mass is 10.1. The van der Waals surface area contributed by atoms with Crippen molar-refractivity contribution in [3.05, 3.63) is 32.7 Å². The van der Waals surface area contributed by atoms with Crippen LogP contribution in [-0.4, -0.2) is 18.5 Å². The van der Waals surface area contributed by atoms with E-state index in [0.717, 1.165) is 20.4 Å². The van der Waals surface area contributed by atoms with Crippen LogP contribution < -0.4 is 0 Å². The largest absolute Gasteiger partial charge is 0.475 e. The molecule has 0 saturated heterocycles. The lowest BCUT2D eigenvalue weighted by Crippen LogP contribution is -2.13. The van der Waals surface area contributed by atoms with Crippen molar-refractivity contribution in [3.63, 3.8) is 0 Å². The number of halogens is 2. The molecular formula is C12H13Br2NO. The molecule has 0 radical (unpaired) electrons. The molecule has 1 atom stereocenters. The Morgan fingerprint density at radius 2 is 1.94 bits per heavy atom. The van der Waals surface area contributed by atoms with E-state index >= 15 is 0 Å². The van der Waals surface area contributed by atoms with Crippen LogP contribution in [0.25, 0.3) is 0 Å². The minimum Gasteiger partial charge on any atom is -0.475 e. The average molecular weight is 347 g/mol. The zero-order chi connectivity index (χ0) is 11.7. The molecular weight excluding hydrogens is 334 g/mol. The first-order valence-electron chi connectivity index (χ1n) is 5.24. The van der Waals surface area contributed by atoms with Crippen LogP contribution in [0.1, 0.15) is 19.4 Å². The SMILES string of the molecule is CC(C)[C@H]1COC(c2c(Br)cccc2Br)=N1. The minimum absolute atomic E-state index is 0.272. The van der Waals surface area contributed by atoms with Crippen molar-refractivity contribution in [2.75, 3.05) is 6.61 Å². The number of aliphatic imine (C=N–C) groups is 1. The van der Waals surface area contributed by atoms with Gasteiger partial charge in [-0.3, -0.25) is 0 Å². The van der Waals surface area contributed by atoms with E-state index < -0.39 is 0 Å². The average Bonchev–Trinajstić information content (AvgIpc) is 2.66. The zero-order valence-electron chi connectivity index (χ0n) is 9.21. The van der Waals surface area contributed by atoms with Crippen LogP contribution in [0.4, 0.5) is 0 Å². The molecule has 0 fully saturated rings. The summed E-state index contributed by atoms with van der Waals surface area (Å²) in [5.41, 5.74) is 1.01. The third-order valence-corrected chi connectivity index (χ3v) is 3.94. The molecule has 1 aromatic rings. The van der Waals surface area contributed by atoms with Crippen LogP contribution in [0.2, 0.25) is 0 Å². The monoisotopic (exact) mass is 345 g/mol. The number of ether oxygens (including phenoxy) is 1. The van der Waals surface area contributed by atoms with E-state index in [1.54, 1.807) is 0 Å². The normalized spacial score (nSPS) is 19.8. The molecule has 2 nitrogen and oxygen atoms in total. The molecule has 0 aromatic heterocycles. The van der Waals surface area contributed by atoms with Gasteiger partial charge in [-0.1, -0.05) is 19.9 Å². The van der Waals surface area contributed by atoms with Gasteiger partial charge in [-0.25, -0.2) is 4.99 Å². The highest BCUT2D eigenvalue weighted by Crippen LogP contribution is 2.29. The summed E-state index contributed by atoms with van der Waals surface area (Å²) in [5.74, 6) is 1.25. The summed E-state index contributed by atoms with van der Waals surface area (Å²) in [6.07, 6.45) is 0. The van der Waals surface area contributed by atoms with Gasteiger partial charge in [0, 0.05) is 8.95 Å². The summed E-state index contributed by atoms with van der Waals surface area (Å²) in [6.45, 7) is 5.01. The Morgan fingerprint density at radius 3 is 2.44 bits per heavy atom. The third-order valence-electron chi connectivity index (χ3n) is 2.62. The van der Waals surface area contributed by atoms with E-state index in [-0.39, 0.29) is 6.04 Å². The van der Waals surface area contributed by atoms with Crippen LogP contribution in [-0.2, 0) is 4.74 Å². The van der Waals surface area contributed by atoms with Crippen molar-refractivity contribution in [1.82, 2.24) is 0 Å². The minimum atomic E-state index is 0.272. The van der Waals surface area contributed by atoms with Gasteiger partial charge in [-0.05, 0) is 49.9 Å². The van der Waals surface area contributed by atoms with Crippen molar-refractivity contribution in [2.24, 2.45) is 10.9 Å². The molecule has 0 amide bonds. The van der Waals surface area contributed by atoms with Gasteiger partial charge in [0.1, 0.15) is 6.61 Å². The Hall–Kier alpha value is -0.350. The quantitative estimate of drug-likeness (QED) is 0.792. The molecule has 0 unspecified atom stereocenters. The van der Waals surface area contributed by atoms with Gasteiger partial charge < -0.3 is 4.74 Å². The fraction of sp³-hybridized carbons (Fsp3) is 0.417. The summed E-state index contributed by atoms with van der Waals surface area (Å²) in [5, 5.41) is 0. The molecule has 0 N–H and O–H groups in total. The maximum Gasteiger partial charge on any atom is 0.218 e. The second-order valence-corrected chi connectivity index (χ2v) is 5.86. The van der Waals surface area contributed by atoms with Gasteiger partial charge >= 0.3 is 0 Å². The number of benzene rings is 1. The van der Waals surface area contributed by atoms with Gasteiger partial charge in [0.25, 0.3) is 0 Å². The van der Waals surface area contributed by atoms with Crippen molar-refractivity contribution in [3.8, 4) is 0 Å². The first-order chi connectivity index (χ1) is 7.59. The molecule has 16 heavy (non-hydrogen) atoms. The summed E-state index contributed by atoms with van der Waals surface area (Å²) in [6, 6.07) is 6.24. The Morgan fingerprint density at radius 1 is 1.31 bits per heavy atom. The predicted octanol–water partition coefficient (Wildman–Crippen LogP) is 4.01. The van der Waals surface area contributed by atoms with E-state index in [2.05, 4.69) is 50.7 Å². The molecule has 0 aliphatic carbocycles. The second-order valence-electron chi connectivity index (χ2n) is 4.15. The molecule has 0 spiro atoms. The third kappa shape index (κ3) is 2.33. The lowest BCUT2D eigenvalue weighted by molar-refractivity contribution is 0.291. The molecule has 1 aromatic carbocycles. The number of nitrogens with zero attached hydrogens (tertiary/aromatic N) is 1. The fourth-order valence-corrected chi connectivity index (χ4v) is 2.91. The van der Waals surface area contributed by atoms with Crippen LogP contribution in [0.5, 0.6) is 0 Å². The van der Waals surface area contributed by atoms with Gasteiger partial charge in [0.05, 0.1) is 11.6 Å². The summed E-state index contributed by atoms with van der Waals surface area (Å²) >= 11 is 7.05. The van der Waals surface area contributed by atoms with Crippen LogP contribution in [0.15, 0.2) is 32.1 Å². The number of rotatable bonds is 2. The predicted molar refractivity (Wildman–Crippen MR) is 73.0 cm³/mol. The van der Waals surface area contributed by atoms with Crippen molar-refractivity contribution in [1.29, 1.82) is 0 Å². The Balaban J connectivity index is 2.36. The maximum absolute atomic E-state index is 5.66. The zero-order valence-corrected chi connectivity index (χ0v) is 12.4. The smallest absolute Gasteiger partial charge is 0.218 e. The standard InChI is InChI=1S/C12H13Br2NO/c1-7(2)10-6-16-12(15-10)11-8(13)4-3-5-9(11)14/h3-5,7,10H,6H2,1-2H3/t10-/m1/s1.